The lowest BCUT2D eigenvalue weighted by atomic mass is 10.2. The van der Waals surface area contributed by atoms with E-state index in [1.54, 1.807) is 13.0 Å². The van der Waals surface area contributed by atoms with E-state index in [9.17, 15) is 4.79 Å². The van der Waals surface area contributed by atoms with Gasteiger partial charge in [0.1, 0.15) is 0 Å². The number of rotatable bonds is 6. The second-order valence-electron chi connectivity index (χ2n) is 2.45. The van der Waals surface area contributed by atoms with Crippen molar-refractivity contribution < 1.29 is 14.6 Å². The van der Waals surface area contributed by atoms with E-state index in [-0.39, 0.29) is 12.6 Å². The van der Waals surface area contributed by atoms with Crippen molar-refractivity contribution >= 4 is 5.97 Å². The molecule has 0 aromatic carbocycles. The molecule has 12 heavy (non-hydrogen) atoms. The highest BCUT2D eigenvalue weighted by Gasteiger charge is 1.94. The van der Waals surface area contributed by atoms with E-state index in [2.05, 4.69) is 0 Å². The molecule has 0 aliphatic heterocycles. The van der Waals surface area contributed by atoms with Gasteiger partial charge in [-0.3, -0.25) is 0 Å². The molecule has 3 nitrogen and oxygen atoms in total. The maximum absolute atomic E-state index is 10.7. The lowest BCUT2D eigenvalue weighted by molar-refractivity contribution is -0.137. The van der Waals surface area contributed by atoms with Crippen LogP contribution in [-0.2, 0) is 9.53 Å². The zero-order valence-corrected chi connectivity index (χ0v) is 7.45. The second-order valence-corrected chi connectivity index (χ2v) is 2.45. The zero-order chi connectivity index (χ0) is 9.23. The Balaban J connectivity index is 3.14. The van der Waals surface area contributed by atoms with Gasteiger partial charge in [-0.05, 0) is 26.2 Å². The third kappa shape index (κ3) is 7.28. The second kappa shape index (κ2) is 8.27. The smallest absolute Gasteiger partial charge is 0.330 e. The van der Waals surface area contributed by atoms with E-state index in [1.807, 2.05) is 0 Å². The highest BCUT2D eigenvalue weighted by Crippen LogP contribution is 1.95. The quantitative estimate of drug-likeness (QED) is 0.373. The number of carbonyl (C=O) groups excluding carboxylic acids is 1. The molecule has 0 saturated heterocycles. The van der Waals surface area contributed by atoms with Crippen LogP contribution in [0.5, 0.6) is 0 Å². The minimum Gasteiger partial charge on any atom is -0.463 e. The van der Waals surface area contributed by atoms with Gasteiger partial charge in [-0.15, -0.1) is 0 Å². The number of ether oxygens (including phenoxy) is 1. The number of hydrogen-bond donors (Lipinski definition) is 1. The van der Waals surface area contributed by atoms with Crippen LogP contribution in [0.3, 0.4) is 0 Å². The molecule has 0 aromatic rings. The van der Waals surface area contributed by atoms with Crippen LogP contribution in [0.1, 0.15) is 26.2 Å². The van der Waals surface area contributed by atoms with Crippen molar-refractivity contribution in [3.8, 4) is 0 Å². The Morgan fingerprint density at radius 1 is 1.42 bits per heavy atom. The highest BCUT2D eigenvalue weighted by atomic mass is 16.5. The Hall–Kier alpha value is -0.830. The summed E-state index contributed by atoms with van der Waals surface area (Å²) in [5, 5.41) is 8.44. The number of unbranched alkanes of at least 4 members (excludes halogenated alkanes) is 2. The van der Waals surface area contributed by atoms with Gasteiger partial charge < -0.3 is 9.84 Å². The first-order chi connectivity index (χ1) is 5.81. The summed E-state index contributed by atoms with van der Waals surface area (Å²) < 4.78 is 4.82. The molecule has 0 spiro atoms. The number of aliphatic hydroxyl groups is 1. The molecule has 0 amide bonds. The summed E-state index contributed by atoms with van der Waals surface area (Å²) in [6, 6.07) is 0. The molecule has 0 heterocycles. The normalized spacial score (nSPS) is 10.5. The van der Waals surface area contributed by atoms with Crippen LogP contribution in [0.2, 0.25) is 0 Å². The van der Waals surface area contributed by atoms with Gasteiger partial charge >= 0.3 is 5.97 Å². The van der Waals surface area contributed by atoms with Crippen molar-refractivity contribution in [3.05, 3.63) is 12.2 Å². The lowest BCUT2D eigenvalue weighted by Gasteiger charge is -2.00. The topological polar surface area (TPSA) is 46.5 Å². The van der Waals surface area contributed by atoms with Gasteiger partial charge in [0.05, 0.1) is 6.61 Å². The molecular formula is C9H16O3. The number of esters is 1. The Morgan fingerprint density at radius 3 is 2.75 bits per heavy atom. The van der Waals surface area contributed by atoms with Gasteiger partial charge in [-0.2, -0.15) is 0 Å². The Labute approximate surface area is 73.0 Å². The van der Waals surface area contributed by atoms with E-state index < -0.39 is 0 Å². The van der Waals surface area contributed by atoms with E-state index >= 15 is 0 Å². The maximum Gasteiger partial charge on any atom is 0.330 e. The minimum absolute atomic E-state index is 0.211. The molecule has 0 atom stereocenters. The van der Waals surface area contributed by atoms with Gasteiger partial charge in [0.25, 0.3) is 0 Å². The first-order valence-electron chi connectivity index (χ1n) is 4.21. The summed E-state index contributed by atoms with van der Waals surface area (Å²) in [7, 11) is 0. The molecular weight excluding hydrogens is 156 g/mol. The lowest BCUT2D eigenvalue weighted by Crippen LogP contribution is -2.02. The summed E-state index contributed by atoms with van der Waals surface area (Å²) in [6.07, 6.45) is 5.55. The van der Waals surface area contributed by atoms with E-state index in [0.29, 0.717) is 6.61 Å². The fourth-order valence-electron chi connectivity index (χ4n) is 0.748. The van der Waals surface area contributed by atoms with Crippen LogP contribution < -0.4 is 0 Å². The summed E-state index contributed by atoms with van der Waals surface area (Å²) in [5.41, 5.74) is 0. The summed E-state index contributed by atoms with van der Waals surface area (Å²) in [6.45, 7) is 2.43. The summed E-state index contributed by atoms with van der Waals surface area (Å²) >= 11 is 0. The van der Waals surface area contributed by atoms with Crippen molar-refractivity contribution in [1.82, 2.24) is 0 Å². The Morgan fingerprint density at radius 2 is 2.17 bits per heavy atom. The summed E-state index contributed by atoms with van der Waals surface area (Å²) in [4.78, 5) is 10.7. The minimum atomic E-state index is -0.290. The maximum atomic E-state index is 10.7. The number of carbonyl (C=O) groups is 1. The largest absolute Gasteiger partial charge is 0.463 e. The molecule has 0 unspecified atom stereocenters. The molecule has 0 fully saturated rings. The number of hydrogen-bond acceptors (Lipinski definition) is 3. The average molecular weight is 172 g/mol. The van der Waals surface area contributed by atoms with E-state index in [4.69, 9.17) is 9.84 Å². The van der Waals surface area contributed by atoms with Gasteiger partial charge in [-0.25, -0.2) is 4.79 Å². The van der Waals surface area contributed by atoms with Gasteiger partial charge in [-0.1, -0.05) is 6.08 Å². The van der Waals surface area contributed by atoms with E-state index in [0.717, 1.165) is 19.3 Å². The van der Waals surface area contributed by atoms with Crippen LogP contribution in [0, 0.1) is 0 Å². The van der Waals surface area contributed by atoms with Gasteiger partial charge in [0.2, 0.25) is 0 Å². The molecule has 0 aliphatic rings. The summed E-state index contributed by atoms with van der Waals surface area (Å²) in [5.74, 6) is -0.290. The van der Waals surface area contributed by atoms with E-state index in [1.165, 1.54) is 6.08 Å². The fourth-order valence-corrected chi connectivity index (χ4v) is 0.748. The molecule has 70 valence electrons. The molecule has 0 radical (unpaired) electrons. The van der Waals surface area contributed by atoms with Crippen LogP contribution >= 0.6 is 0 Å². The molecule has 0 aromatic heterocycles. The molecule has 1 N–H and O–H groups in total. The Kier molecular flexibility index (Phi) is 7.70. The monoisotopic (exact) mass is 172 g/mol. The van der Waals surface area contributed by atoms with Crippen LogP contribution in [0.25, 0.3) is 0 Å². The van der Waals surface area contributed by atoms with Crippen molar-refractivity contribution in [3.63, 3.8) is 0 Å². The van der Waals surface area contributed by atoms with Crippen LogP contribution in [0.15, 0.2) is 12.2 Å². The number of aliphatic hydroxyl groups excluding tert-OH is 1. The van der Waals surface area contributed by atoms with Crippen molar-refractivity contribution in [2.75, 3.05) is 13.2 Å². The fraction of sp³-hybridized carbons (Fsp3) is 0.667. The predicted molar refractivity (Wildman–Crippen MR) is 46.7 cm³/mol. The van der Waals surface area contributed by atoms with Crippen molar-refractivity contribution in [2.45, 2.75) is 26.2 Å². The predicted octanol–water partition coefficient (Wildman–Crippen LogP) is 1.27. The van der Waals surface area contributed by atoms with Crippen LogP contribution in [0.4, 0.5) is 0 Å². The zero-order valence-electron chi connectivity index (χ0n) is 7.45. The SMILES string of the molecule is C/C=C/C(=O)OCCCCCO. The molecule has 0 rings (SSSR count). The third-order valence-corrected chi connectivity index (χ3v) is 1.35. The molecule has 0 bridgehead atoms. The van der Waals surface area contributed by atoms with Gasteiger partial charge in [0.15, 0.2) is 0 Å². The van der Waals surface area contributed by atoms with Gasteiger partial charge in [0, 0.05) is 12.7 Å². The highest BCUT2D eigenvalue weighted by molar-refractivity contribution is 5.81. The Bertz CT molecular complexity index is 141. The third-order valence-electron chi connectivity index (χ3n) is 1.35. The first kappa shape index (κ1) is 11.2. The van der Waals surface area contributed by atoms with Crippen molar-refractivity contribution in [2.24, 2.45) is 0 Å². The van der Waals surface area contributed by atoms with Crippen LogP contribution in [-0.4, -0.2) is 24.3 Å². The molecule has 0 saturated carbocycles. The standard InChI is InChI=1S/C9H16O3/c1-2-6-9(11)12-8-5-3-4-7-10/h2,6,10H,3-5,7-8H2,1H3/b6-2+. The number of allylic oxidation sites excluding steroid dienone is 1. The average Bonchev–Trinajstić information content (AvgIpc) is 2.05. The molecule has 3 heteroatoms. The molecule has 0 aliphatic carbocycles. The van der Waals surface area contributed by atoms with Crippen molar-refractivity contribution in [1.29, 1.82) is 0 Å². The first-order valence-corrected chi connectivity index (χ1v) is 4.21.